The van der Waals surface area contributed by atoms with E-state index >= 15 is 0 Å². The lowest BCUT2D eigenvalue weighted by Gasteiger charge is -2.11. The number of amides is 1. The number of halogens is 1. The van der Waals surface area contributed by atoms with Crippen LogP contribution in [0.5, 0.6) is 0 Å². The Morgan fingerprint density at radius 3 is 2.33 bits per heavy atom. The second-order valence-corrected chi connectivity index (χ2v) is 7.55. The number of anilines is 1. The normalized spacial score (nSPS) is 10.8. The van der Waals surface area contributed by atoms with E-state index in [1.165, 1.54) is 12.1 Å². The number of hydrogen-bond donors (Lipinski definition) is 2. The molecule has 0 aliphatic rings. The molecule has 0 aliphatic carbocycles. The highest BCUT2D eigenvalue weighted by Gasteiger charge is 2.19. The number of benzene rings is 3. The third kappa shape index (κ3) is 4.43. The van der Waals surface area contributed by atoms with Crippen molar-refractivity contribution in [2.75, 3.05) is 5.32 Å². The van der Waals surface area contributed by atoms with Gasteiger partial charge in [-0.2, -0.15) is 5.10 Å². The summed E-state index contributed by atoms with van der Waals surface area (Å²) >= 11 is 0. The first-order valence-corrected chi connectivity index (χ1v) is 10.4. The average molecular weight is 437 g/mol. The summed E-state index contributed by atoms with van der Waals surface area (Å²) in [7, 11) is 0. The lowest BCUT2D eigenvalue weighted by molar-refractivity contribution is 0.102. The van der Waals surface area contributed by atoms with Crippen LogP contribution in [0.15, 0.2) is 97.3 Å². The van der Waals surface area contributed by atoms with Crippen LogP contribution < -0.4 is 5.32 Å². The van der Waals surface area contributed by atoms with E-state index in [0.29, 0.717) is 35.0 Å². The van der Waals surface area contributed by atoms with Gasteiger partial charge in [-0.05, 0) is 35.9 Å². The molecule has 0 saturated heterocycles. The van der Waals surface area contributed by atoms with Crippen molar-refractivity contribution in [3.05, 3.63) is 114 Å². The number of hydrogen-bond acceptors (Lipinski definition) is 3. The maximum Gasteiger partial charge on any atom is 0.274 e. The first kappa shape index (κ1) is 20.4. The number of aromatic amines is 1. The van der Waals surface area contributed by atoms with E-state index in [0.717, 1.165) is 11.1 Å². The molecule has 0 radical (unpaired) electrons. The van der Waals surface area contributed by atoms with Crippen molar-refractivity contribution in [1.82, 2.24) is 19.7 Å². The molecule has 0 unspecified atom stereocenters. The number of nitrogens with one attached hydrogen (secondary N) is 2. The third-order valence-electron chi connectivity index (χ3n) is 5.28. The molecular formula is C26H20FN5O. The lowest BCUT2D eigenvalue weighted by atomic mass is 10.1. The highest BCUT2D eigenvalue weighted by Crippen LogP contribution is 2.28. The number of carbonyl (C=O) groups excluding carboxylic acids is 1. The topological polar surface area (TPSA) is 75.6 Å². The zero-order chi connectivity index (χ0) is 22.6. The minimum Gasteiger partial charge on any atom is -0.312 e. The maximum atomic E-state index is 13.5. The number of nitrogens with zero attached hydrogens (tertiary/aromatic N) is 3. The van der Waals surface area contributed by atoms with Crippen LogP contribution in [0.3, 0.4) is 0 Å². The van der Waals surface area contributed by atoms with E-state index in [4.69, 9.17) is 0 Å². The predicted octanol–water partition coefficient (Wildman–Crippen LogP) is 5.38. The van der Waals surface area contributed by atoms with Gasteiger partial charge in [0, 0.05) is 11.1 Å². The quantitative estimate of drug-likeness (QED) is 0.374. The van der Waals surface area contributed by atoms with Crippen LogP contribution in [0, 0.1) is 5.82 Å². The molecule has 0 saturated carbocycles. The van der Waals surface area contributed by atoms with Crippen molar-refractivity contribution in [1.29, 1.82) is 0 Å². The van der Waals surface area contributed by atoms with Gasteiger partial charge < -0.3 is 9.88 Å². The van der Waals surface area contributed by atoms with Crippen molar-refractivity contribution in [3.8, 4) is 22.5 Å². The van der Waals surface area contributed by atoms with E-state index < -0.39 is 0 Å². The Labute approximate surface area is 189 Å². The third-order valence-corrected chi connectivity index (χ3v) is 5.28. The van der Waals surface area contributed by atoms with Crippen molar-refractivity contribution in [2.24, 2.45) is 0 Å². The molecule has 1 amide bonds. The first-order valence-electron chi connectivity index (χ1n) is 10.4. The Bertz CT molecular complexity index is 1380. The molecule has 162 valence electrons. The molecule has 0 fully saturated rings. The maximum absolute atomic E-state index is 13.5. The minimum absolute atomic E-state index is 0.325. The van der Waals surface area contributed by atoms with Gasteiger partial charge in [-0.25, -0.2) is 9.37 Å². The summed E-state index contributed by atoms with van der Waals surface area (Å²) in [6.45, 7) is 0.517. The van der Waals surface area contributed by atoms with Gasteiger partial charge in [0.25, 0.3) is 5.91 Å². The van der Waals surface area contributed by atoms with Crippen molar-refractivity contribution in [2.45, 2.75) is 6.54 Å². The molecule has 5 aromatic rings. The number of H-pyrrole nitrogens is 1. The number of rotatable bonds is 6. The summed E-state index contributed by atoms with van der Waals surface area (Å²) in [5.74, 6) is -0.159. The Morgan fingerprint density at radius 1 is 0.909 bits per heavy atom. The van der Waals surface area contributed by atoms with E-state index in [2.05, 4.69) is 20.5 Å². The molecule has 33 heavy (non-hydrogen) atoms. The van der Waals surface area contributed by atoms with Gasteiger partial charge in [0.05, 0.1) is 18.6 Å². The zero-order valence-electron chi connectivity index (χ0n) is 17.6. The van der Waals surface area contributed by atoms with Gasteiger partial charge in [-0.3, -0.25) is 9.89 Å². The van der Waals surface area contributed by atoms with Crippen LogP contribution in [-0.4, -0.2) is 25.7 Å². The first-order chi connectivity index (χ1) is 16.2. The molecule has 5 rings (SSSR count). The fourth-order valence-corrected chi connectivity index (χ4v) is 3.60. The van der Waals surface area contributed by atoms with E-state index in [9.17, 15) is 9.18 Å². The summed E-state index contributed by atoms with van der Waals surface area (Å²) in [5, 5.41) is 10.0. The number of carbonyl (C=O) groups is 1. The second kappa shape index (κ2) is 8.92. The molecule has 7 heteroatoms. The Balaban J connectivity index is 1.47. The van der Waals surface area contributed by atoms with Gasteiger partial charge in [0.15, 0.2) is 0 Å². The van der Waals surface area contributed by atoms with Crippen LogP contribution in [0.4, 0.5) is 10.2 Å². The van der Waals surface area contributed by atoms with Crippen LogP contribution in [0.2, 0.25) is 0 Å². The SMILES string of the molecule is O=C(Nc1c(-c2ccc(F)cc2)ncn1Cc1ccccc1)c1cc(-c2ccccc2)n[nH]1. The fraction of sp³-hybridized carbons (Fsp3) is 0.0385. The molecule has 0 atom stereocenters. The summed E-state index contributed by atoms with van der Waals surface area (Å²) in [6.07, 6.45) is 1.67. The van der Waals surface area contributed by atoms with Crippen LogP contribution >= 0.6 is 0 Å². The molecule has 6 nitrogen and oxygen atoms in total. The van der Waals surface area contributed by atoms with Crippen LogP contribution in [-0.2, 0) is 6.54 Å². The smallest absolute Gasteiger partial charge is 0.274 e. The largest absolute Gasteiger partial charge is 0.312 e. The molecule has 0 bridgehead atoms. The highest BCUT2D eigenvalue weighted by atomic mass is 19.1. The molecule has 0 spiro atoms. The molecule has 2 aromatic heterocycles. The summed E-state index contributed by atoms with van der Waals surface area (Å²) in [5.41, 5.74) is 4.23. The van der Waals surface area contributed by atoms with Crippen molar-refractivity contribution < 1.29 is 9.18 Å². The highest BCUT2D eigenvalue weighted by molar-refractivity contribution is 6.04. The molecular weight excluding hydrogens is 417 g/mol. The summed E-state index contributed by atoms with van der Waals surface area (Å²) < 4.78 is 15.3. The predicted molar refractivity (Wildman–Crippen MR) is 125 cm³/mol. The Hall–Kier alpha value is -4.52. The van der Waals surface area contributed by atoms with Crippen molar-refractivity contribution >= 4 is 11.7 Å². The van der Waals surface area contributed by atoms with E-state index in [1.54, 1.807) is 24.5 Å². The van der Waals surface area contributed by atoms with Gasteiger partial charge >= 0.3 is 0 Å². The second-order valence-electron chi connectivity index (χ2n) is 7.55. The summed E-state index contributed by atoms with van der Waals surface area (Å²) in [6, 6.07) is 27.2. The van der Waals surface area contributed by atoms with E-state index in [1.807, 2.05) is 65.2 Å². The fourth-order valence-electron chi connectivity index (χ4n) is 3.60. The zero-order valence-corrected chi connectivity index (χ0v) is 17.6. The standard InChI is InChI=1S/C26H20FN5O/c27-21-13-11-20(12-14-21)24-25(32(17-28-24)16-18-7-3-1-4-8-18)29-26(33)23-15-22(30-31-23)19-9-5-2-6-10-19/h1-15,17H,16H2,(H,29,33)(H,30,31). The van der Waals surface area contributed by atoms with Gasteiger partial charge in [-0.1, -0.05) is 60.7 Å². The van der Waals surface area contributed by atoms with Crippen molar-refractivity contribution in [3.63, 3.8) is 0 Å². The molecule has 2 heterocycles. The average Bonchev–Trinajstić information content (AvgIpc) is 3.49. The Morgan fingerprint density at radius 2 is 1.61 bits per heavy atom. The molecule has 3 aromatic carbocycles. The molecule has 0 aliphatic heterocycles. The monoisotopic (exact) mass is 437 g/mol. The number of aromatic nitrogens is 4. The van der Waals surface area contributed by atoms with E-state index in [-0.39, 0.29) is 11.7 Å². The summed E-state index contributed by atoms with van der Waals surface area (Å²) in [4.78, 5) is 17.6. The van der Waals surface area contributed by atoms with Crippen LogP contribution in [0.25, 0.3) is 22.5 Å². The van der Waals surface area contributed by atoms with Gasteiger partial charge in [0.1, 0.15) is 23.0 Å². The molecule has 2 N–H and O–H groups in total. The Kier molecular flexibility index (Phi) is 5.51. The van der Waals surface area contributed by atoms with Gasteiger partial charge in [0.2, 0.25) is 0 Å². The van der Waals surface area contributed by atoms with Crippen LogP contribution in [0.1, 0.15) is 16.1 Å². The number of imidazole rings is 1. The minimum atomic E-state index is -0.345. The lowest BCUT2D eigenvalue weighted by Crippen LogP contribution is -2.16. The van der Waals surface area contributed by atoms with Gasteiger partial charge in [-0.15, -0.1) is 0 Å².